The number of hydrogen-bond acceptors (Lipinski definition) is 2. The Balaban J connectivity index is 2.01. The van der Waals surface area contributed by atoms with E-state index in [1.54, 1.807) is 16.7 Å². The van der Waals surface area contributed by atoms with Gasteiger partial charge in [-0.25, -0.2) is 9.37 Å². The fourth-order valence-electron chi connectivity index (χ4n) is 3.12. The summed E-state index contributed by atoms with van der Waals surface area (Å²) < 4.78 is 15.4. The quantitative estimate of drug-likeness (QED) is 0.655. The molecule has 0 bridgehead atoms. The summed E-state index contributed by atoms with van der Waals surface area (Å²) in [5, 5.41) is 0.739. The molecule has 116 valence electrons. The summed E-state index contributed by atoms with van der Waals surface area (Å²) in [5.41, 5.74) is 4.06. The Kier molecular flexibility index (Phi) is 3.07. The van der Waals surface area contributed by atoms with E-state index in [1.165, 1.54) is 12.3 Å². The van der Waals surface area contributed by atoms with Gasteiger partial charge in [0.2, 0.25) is 0 Å². The Labute approximate surface area is 138 Å². The van der Waals surface area contributed by atoms with Crippen molar-refractivity contribution >= 4 is 23.0 Å². The monoisotopic (exact) mass is 327 g/mol. The molecule has 0 N–H and O–H groups in total. The van der Waals surface area contributed by atoms with Crippen molar-refractivity contribution in [3.05, 3.63) is 70.4 Å². The summed E-state index contributed by atoms with van der Waals surface area (Å²) in [4.78, 5) is 9.25. The van der Waals surface area contributed by atoms with E-state index in [0.717, 1.165) is 34.0 Å². The fourth-order valence-corrected chi connectivity index (χ4v) is 3.36. The van der Waals surface area contributed by atoms with E-state index in [-0.39, 0.29) is 11.4 Å². The maximum absolute atomic E-state index is 13.7. The number of aromatic nitrogens is 2. The van der Waals surface area contributed by atoms with E-state index < -0.39 is 0 Å². The van der Waals surface area contributed by atoms with Crippen LogP contribution >= 0.6 is 11.6 Å². The van der Waals surface area contributed by atoms with Crippen LogP contribution in [0.5, 0.6) is 0 Å². The van der Waals surface area contributed by atoms with Crippen LogP contribution in [0.4, 0.5) is 4.39 Å². The average Bonchev–Trinajstić information content (AvgIpc) is 2.90. The van der Waals surface area contributed by atoms with Gasteiger partial charge in [0, 0.05) is 16.8 Å². The van der Waals surface area contributed by atoms with Crippen LogP contribution in [-0.4, -0.2) is 20.6 Å². The van der Waals surface area contributed by atoms with Crippen LogP contribution in [0.2, 0.25) is 5.02 Å². The summed E-state index contributed by atoms with van der Waals surface area (Å²) in [7, 11) is 0. The molecule has 0 saturated heterocycles. The van der Waals surface area contributed by atoms with Crippen molar-refractivity contribution in [2.75, 3.05) is 0 Å². The van der Waals surface area contributed by atoms with Gasteiger partial charge in [-0.05, 0) is 44.0 Å². The molecule has 0 radical (unpaired) electrons. The molecule has 3 nitrogen and oxygen atoms in total. The highest BCUT2D eigenvalue weighted by molar-refractivity contribution is 6.32. The minimum atomic E-state index is -0.307. The Morgan fingerprint density at radius 2 is 2.04 bits per heavy atom. The van der Waals surface area contributed by atoms with Gasteiger partial charge in [0.05, 0.1) is 23.1 Å². The van der Waals surface area contributed by atoms with E-state index >= 15 is 0 Å². The number of imidazole rings is 1. The predicted octanol–water partition coefficient (Wildman–Crippen LogP) is 4.30. The van der Waals surface area contributed by atoms with Gasteiger partial charge >= 0.3 is 0 Å². The SMILES string of the molecule is CC1(C)Cc2c(Cl)cccc2C(c2cnc3ccc(F)cn23)=N1. The van der Waals surface area contributed by atoms with Crippen molar-refractivity contribution < 1.29 is 4.39 Å². The number of halogens is 2. The largest absolute Gasteiger partial charge is 0.295 e. The van der Waals surface area contributed by atoms with Gasteiger partial charge in [0.25, 0.3) is 0 Å². The van der Waals surface area contributed by atoms with Gasteiger partial charge in [-0.1, -0.05) is 23.7 Å². The number of aliphatic imine (C=N–C) groups is 1. The lowest BCUT2D eigenvalue weighted by Crippen LogP contribution is -2.30. The molecular formula is C18H15ClFN3. The van der Waals surface area contributed by atoms with Crippen LogP contribution in [0.25, 0.3) is 5.65 Å². The van der Waals surface area contributed by atoms with Crippen LogP contribution in [0, 0.1) is 5.82 Å². The smallest absolute Gasteiger partial charge is 0.139 e. The zero-order valence-electron chi connectivity index (χ0n) is 12.8. The lowest BCUT2D eigenvalue weighted by atomic mass is 9.86. The lowest BCUT2D eigenvalue weighted by molar-refractivity contribution is 0.513. The van der Waals surface area contributed by atoms with E-state index in [2.05, 4.69) is 18.8 Å². The molecule has 3 heterocycles. The minimum absolute atomic E-state index is 0.273. The lowest BCUT2D eigenvalue weighted by Gasteiger charge is -2.29. The molecule has 4 rings (SSSR count). The fraction of sp³-hybridized carbons (Fsp3) is 0.222. The van der Waals surface area contributed by atoms with Crippen LogP contribution in [0.15, 0.2) is 47.7 Å². The first-order valence-electron chi connectivity index (χ1n) is 7.45. The average molecular weight is 328 g/mol. The van der Waals surface area contributed by atoms with Gasteiger partial charge in [0.15, 0.2) is 0 Å². The Hall–Kier alpha value is -2.20. The summed E-state index contributed by atoms with van der Waals surface area (Å²) in [6.07, 6.45) is 3.95. The van der Waals surface area contributed by atoms with Crippen molar-refractivity contribution in [3.63, 3.8) is 0 Å². The van der Waals surface area contributed by atoms with Gasteiger partial charge in [-0.3, -0.25) is 9.39 Å². The molecule has 0 atom stereocenters. The van der Waals surface area contributed by atoms with Crippen molar-refractivity contribution in [2.45, 2.75) is 25.8 Å². The topological polar surface area (TPSA) is 29.7 Å². The van der Waals surface area contributed by atoms with E-state index in [9.17, 15) is 4.39 Å². The number of benzene rings is 1. The van der Waals surface area contributed by atoms with Gasteiger partial charge in [0.1, 0.15) is 11.5 Å². The molecule has 0 saturated carbocycles. The molecule has 1 aliphatic heterocycles. The third kappa shape index (κ3) is 2.34. The highest BCUT2D eigenvalue weighted by Crippen LogP contribution is 2.33. The van der Waals surface area contributed by atoms with Crippen LogP contribution < -0.4 is 0 Å². The number of nitrogens with zero attached hydrogens (tertiary/aromatic N) is 3. The standard InChI is InChI=1S/C18H15ClFN3/c1-18(2)8-13-12(4-3-5-14(13)19)17(22-18)15-9-21-16-7-6-11(20)10-23(15)16/h3-7,9-10H,8H2,1-2H3. The molecule has 5 heteroatoms. The van der Waals surface area contributed by atoms with Crippen molar-refractivity contribution in [1.29, 1.82) is 0 Å². The van der Waals surface area contributed by atoms with Gasteiger partial charge in [-0.2, -0.15) is 0 Å². The van der Waals surface area contributed by atoms with Gasteiger partial charge < -0.3 is 0 Å². The Morgan fingerprint density at radius 1 is 1.22 bits per heavy atom. The van der Waals surface area contributed by atoms with Crippen LogP contribution in [0.3, 0.4) is 0 Å². The molecule has 0 unspecified atom stereocenters. The van der Waals surface area contributed by atoms with E-state index in [1.807, 2.05) is 18.2 Å². The molecule has 2 aromatic heterocycles. The number of pyridine rings is 1. The number of fused-ring (bicyclic) bond motifs is 2. The Bertz CT molecular complexity index is 956. The first-order valence-corrected chi connectivity index (χ1v) is 7.83. The van der Waals surface area contributed by atoms with Crippen molar-refractivity contribution in [2.24, 2.45) is 4.99 Å². The van der Waals surface area contributed by atoms with Crippen molar-refractivity contribution in [3.8, 4) is 0 Å². The number of hydrogen-bond donors (Lipinski definition) is 0. The molecule has 1 aromatic carbocycles. The molecule has 0 amide bonds. The summed E-state index contributed by atoms with van der Waals surface area (Å²) in [5.74, 6) is -0.307. The Morgan fingerprint density at radius 3 is 2.87 bits per heavy atom. The van der Waals surface area contributed by atoms with Crippen molar-refractivity contribution in [1.82, 2.24) is 9.38 Å². The highest BCUT2D eigenvalue weighted by Gasteiger charge is 2.30. The second-order valence-electron chi connectivity index (χ2n) is 6.43. The number of rotatable bonds is 1. The molecule has 23 heavy (non-hydrogen) atoms. The normalized spacial score (nSPS) is 16.3. The molecule has 0 spiro atoms. The third-order valence-electron chi connectivity index (χ3n) is 4.11. The molecule has 3 aromatic rings. The first kappa shape index (κ1) is 14.4. The van der Waals surface area contributed by atoms with Crippen LogP contribution in [-0.2, 0) is 6.42 Å². The maximum atomic E-state index is 13.7. The highest BCUT2D eigenvalue weighted by atomic mass is 35.5. The second-order valence-corrected chi connectivity index (χ2v) is 6.84. The predicted molar refractivity (Wildman–Crippen MR) is 90.0 cm³/mol. The maximum Gasteiger partial charge on any atom is 0.139 e. The summed E-state index contributed by atoms with van der Waals surface area (Å²) >= 11 is 6.40. The van der Waals surface area contributed by atoms with E-state index in [0.29, 0.717) is 5.65 Å². The second kappa shape index (κ2) is 4.90. The van der Waals surface area contributed by atoms with Crippen LogP contribution in [0.1, 0.15) is 30.7 Å². The molecule has 0 fully saturated rings. The first-order chi connectivity index (χ1) is 10.9. The van der Waals surface area contributed by atoms with E-state index in [4.69, 9.17) is 16.6 Å². The summed E-state index contributed by atoms with van der Waals surface area (Å²) in [6.45, 7) is 4.14. The zero-order chi connectivity index (χ0) is 16.2. The molecule has 1 aliphatic rings. The minimum Gasteiger partial charge on any atom is -0.295 e. The molecular weight excluding hydrogens is 313 g/mol. The molecule has 0 aliphatic carbocycles. The third-order valence-corrected chi connectivity index (χ3v) is 4.46. The summed E-state index contributed by atoms with van der Waals surface area (Å²) in [6, 6.07) is 8.89. The van der Waals surface area contributed by atoms with Gasteiger partial charge in [-0.15, -0.1) is 0 Å². The zero-order valence-corrected chi connectivity index (χ0v) is 13.6.